The molecule has 0 spiro atoms. The summed E-state index contributed by atoms with van der Waals surface area (Å²) in [4.78, 5) is 26.1. The van der Waals surface area contributed by atoms with E-state index in [4.69, 9.17) is 5.11 Å². The average Bonchev–Trinajstić information content (AvgIpc) is 2.47. The Kier molecular flexibility index (Phi) is 2.84. The number of benzene rings is 2. The molecule has 0 bridgehead atoms. The van der Waals surface area contributed by atoms with Crippen molar-refractivity contribution in [2.24, 2.45) is 0 Å². The van der Waals surface area contributed by atoms with E-state index in [1.807, 2.05) is 30.3 Å². The molecule has 0 aliphatic heterocycles. The van der Waals surface area contributed by atoms with Crippen molar-refractivity contribution in [1.29, 1.82) is 0 Å². The molecule has 3 aromatic rings. The minimum atomic E-state index is -1.10. The molecule has 98 valence electrons. The molecule has 0 unspecified atom stereocenters. The zero-order valence-corrected chi connectivity index (χ0v) is 10.5. The van der Waals surface area contributed by atoms with Gasteiger partial charge in [0, 0.05) is 5.69 Å². The third kappa shape index (κ3) is 1.97. The Balaban J connectivity index is 2.32. The van der Waals surface area contributed by atoms with Crippen molar-refractivity contribution in [2.45, 2.75) is 0 Å². The molecule has 0 amide bonds. The summed E-state index contributed by atoms with van der Waals surface area (Å²) in [5.41, 5.74) is 1.18. The summed E-state index contributed by atoms with van der Waals surface area (Å²) in [5.74, 6) is -1.10. The fourth-order valence-corrected chi connectivity index (χ4v) is 2.27. The van der Waals surface area contributed by atoms with E-state index in [-0.39, 0.29) is 16.5 Å². The molecule has 4 nitrogen and oxygen atoms in total. The van der Waals surface area contributed by atoms with Crippen molar-refractivity contribution in [3.8, 4) is 11.3 Å². The van der Waals surface area contributed by atoms with Gasteiger partial charge in [0.15, 0.2) is 0 Å². The summed E-state index contributed by atoms with van der Waals surface area (Å²) < 4.78 is 0. The average molecular weight is 265 g/mol. The summed E-state index contributed by atoms with van der Waals surface area (Å²) in [6, 6.07) is 16.0. The highest BCUT2D eigenvalue weighted by molar-refractivity contribution is 6.03. The van der Waals surface area contributed by atoms with Crippen LogP contribution in [0.4, 0.5) is 0 Å². The van der Waals surface area contributed by atoms with Gasteiger partial charge in [-0.25, -0.2) is 4.79 Å². The molecule has 3 rings (SSSR count). The number of aromatic carboxylic acids is 1. The lowest BCUT2D eigenvalue weighted by Crippen LogP contribution is -2.12. The Morgan fingerprint density at radius 3 is 2.45 bits per heavy atom. The third-order valence-corrected chi connectivity index (χ3v) is 3.19. The second-order valence-electron chi connectivity index (χ2n) is 4.45. The number of hydrogen-bond acceptors (Lipinski definition) is 2. The fourth-order valence-electron chi connectivity index (χ4n) is 2.27. The van der Waals surface area contributed by atoms with E-state index < -0.39 is 5.97 Å². The largest absolute Gasteiger partial charge is 0.478 e. The van der Waals surface area contributed by atoms with Gasteiger partial charge >= 0.3 is 5.97 Å². The molecule has 1 heterocycles. The zero-order valence-electron chi connectivity index (χ0n) is 10.5. The van der Waals surface area contributed by atoms with Crippen LogP contribution in [0.25, 0.3) is 22.0 Å². The minimum absolute atomic E-state index is 0.0170. The van der Waals surface area contributed by atoms with Crippen LogP contribution in [0.2, 0.25) is 0 Å². The lowest BCUT2D eigenvalue weighted by atomic mass is 10.0. The molecule has 0 radical (unpaired) electrons. The summed E-state index contributed by atoms with van der Waals surface area (Å²) in [6.07, 6.45) is 0. The summed E-state index contributed by atoms with van der Waals surface area (Å²) >= 11 is 0. The molecule has 1 aromatic heterocycles. The first-order valence-corrected chi connectivity index (χ1v) is 6.11. The number of fused-ring (bicyclic) bond motifs is 1. The zero-order chi connectivity index (χ0) is 14.1. The molecule has 2 N–H and O–H groups in total. The fraction of sp³-hybridized carbons (Fsp3) is 0. The van der Waals surface area contributed by atoms with E-state index in [1.54, 1.807) is 18.2 Å². The molecule has 0 aliphatic carbocycles. The predicted molar refractivity (Wildman–Crippen MR) is 77.0 cm³/mol. The number of aromatic nitrogens is 1. The van der Waals surface area contributed by atoms with Crippen LogP contribution in [-0.4, -0.2) is 16.1 Å². The molecular formula is C16H11NO3. The van der Waals surface area contributed by atoms with Gasteiger partial charge in [0.1, 0.15) is 0 Å². The Bertz CT molecular complexity index is 850. The topological polar surface area (TPSA) is 70.2 Å². The second-order valence-corrected chi connectivity index (χ2v) is 4.45. The molecule has 0 aliphatic rings. The third-order valence-electron chi connectivity index (χ3n) is 3.19. The van der Waals surface area contributed by atoms with E-state index in [0.717, 1.165) is 5.56 Å². The molecular weight excluding hydrogens is 254 g/mol. The Labute approximate surface area is 114 Å². The second kappa shape index (κ2) is 4.66. The standard InChI is InChI=1S/C16H11NO3/c18-15-14-11(7-4-8-12(14)16(19)20)9-13(17-15)10-5-2-1-3-6-10/h1-9H,(H,17,18)(H,19,20). The first-order chi connectivity index (χ1) is 9.66. The van der Waals surface area contributed by atoms with Crippen molar-refractivity contribution in [3.63, 3.8) is 0 Å². The lowest BCUT2D eigenvalue weighted by molar-refractivity contribution is 0.0699. The lowest BCUT2D eigenvalue weighted by Gasteiger charge is -2.06. The van der Waals surface area contributed by atoms with Crippen LogP contribution in [0.15, 0.2) is 59.4 Å². The van der Waals surface area contributed by atoms with Crippen LogP contribution in [0.5, 0.6) is 0 Å². The minimum Gasteiger partial charge on any atom is -0.478 e. The van der Waals surface area contributed by atoms with Crippen LogP contribution in [0, 0.1) is 0 Å². The number of H-pyrrole nitrogens is 1. The summed E-state index contributed by atoms with van der Waals surface area (Å²) in [6.45, 7) is 0. The van der Waals surface area contributed by atoms with Crippen molar-refractivity contribution >= 4 is 16.7 Å². The van der Waals surface area contributed by atoms with Crippen LogP contribution in [0.1, 0.15) is 10.4 Å². The van der Waals surface area contributed by atoms with Crippen LogP contribution in [-0.2, 0) is 0 Å². The highest BCUT2D eigenvalue weighted by Gasteiger charge is 2.12. The van der Waals surface area contributed by atoms with E-state index in [9.17, 15) is 9.59 Å². The van der Waals surface area contributed by atoms with Gasteiger partial charge in [-0.05, 0) is 23.1 Å². The molecule has 0 fully saturated rings. The SMILES string of the molecule is O=C(O)c1cccc2cc(-c3ccccc3)[nH]c(=O)c12. The van der Waals surface area contributed by atoms with Crippen molar-refractivity contribution in [1.82, 2.24) is 4.98 Å². The van der Waals surface area contributed by atoms with Crippen LogP contribution < -0.4 is 5.56 Å². The molecule has 20 heavy (non-hydrogen) atoms. The van der Waals surface area contributed by atoms with Gasteiger partial charge in [0.2, 0.25) is 0 Å². The molecule has 4 heteroatoms. The number of hydrogen-bond donors (Lipinski definition) is 2. The number of pyridine rings is 1. The molecule has 0 atom stereocenters. The maximum absolute atomic E-state index is 12.2. The highest BCUT2D eigenvalue weighted by Crippen LogP contribution is 2.21. The normalized spacial score (nSPS) is 10.6. The van der Waals surface area contributed by atoms with E-state index in [1.165, 1.54) is 6.07 Å². The van der Waals surface area contributed by atoms with Gasteiger partial charge in [-0.1, -0.05) is 42.5 Å². The van der Waals surface area contributed by atoms with E-state index in [0.29, 0.717) is 11.1 Å². The number of rotatable bonds is 2. The van der Waals surface area contributed by atoms with E-state index >= 15 is 0 Å². The number of carboxylic acid groups (broad SMARTS) is 1. The van der Waals surface area contributed by atoms with E-state index in [2.05, 4.69) is 4.98 Å². The molecule has 0 saturated heterocycles. The van der Waals surface area contributed by atoms with Gasteiger partial charge in [-0.2, -0.15) is 0 Å². The van der Waals surface area contributed by atoms with Crippen molar-refractivity contribution < 1.29 is 9.90 Å². The maximum Gasteiger partial charge on any atom is 0.336 e. The number of nitrogens with one attached hydrogen (secondary N) is 1. The predicted octanol–water partition coefficient (Wildman–Crippen LogP) is 2.89. The quantitative estimate of drug-likeness (QED) is 0.748. The first-order valence-electron chi connectivity index (χ1n) is 6.11. The Hall–Kier alpha value is -2.88. The van der Waals surface area contributed by atoms with Gasteiger partial charge in [0.25, 0.3) is 5.56 Å². The number of carboxylic acids is 1. The van der Waals surface area contributed by atoms with Gasteiger partial charge in [0.05, 0.1) is 10.9 Å². The Morgan fingerprint density at radius 2 is 1.75 bits per heavy atom. The van der Waals surface area contributed by atoms with Crippen LogP contribution >= 0.6 is 0 Å². The molecule has 2 aromatic carbocycles. The highest BCUT2D eigenvalue weighted by atomic mass is 16.4. The van der Waals surface area contributed by atoms with Crippen molar-refractivity contribution in [3.05, 3.63) is 70.5 Å². The number of aromatic amines is 1. The van der Waals surface area contributed by atoms with Gasteiger partial charge in [-0.15, -0.1) is 0 Å². The summed E-state index contributed by atoms with van der Waals surface area (Å²) in [7, 11) is 0. The van der Waals surface area contributed by atoms with Crippen molar-refractivity contribution in [2.75, 3.05) is 0 Å². The Morgan fingerprint density at radius 1 is 1.00 bits per heavy atom. The first kappa shape index (κ1) is 12.2. The smallest absolute Gasteiger partial charge is 0.336 e. The van der Waals surface area contributed by atoms with Gasteiger partial charge in [-0.3, -0.25) is 4.79 Å². The maximum atomic E-state index is 12.2. The molecule has 0 saturated carbocycles. The summed E-state index contributed by atoms with van der Waals surface area (Å²) in [5, 5.41) is 9.97. The van der Waals surface area contributed by atoms with Gasteiger partial charge < -0.3 is 10.1 Å². The van der Waals surface area contributed by atoms with Crippen LogP contribution in [0.3, 0.4) is 0 Å². The monoisotopic (exact) mass is 265 g/mol. The number of carbonyl (C=O) groups is 1.